The standard InChI is InChI=1S/C14H18F2N2O2/c1-9(7-19)18-13(20)17-8-14(4-5-14)11-3-2-10(15)6-12(11)16/h2-3,6,9,19H,4-5,7-8H2,1H3,(H2,17,18,20). The van der Waals surface area contributed by atoms with Crippen LogP contribution in [-0.2, 0) is 5.41 Å². The molecule has 4 nitrogen and oxygen atoms in total. The number of benzene rings is 1. The average Bonchev–Trinajstić information content (AvgIpc) is 3.17. The zero-order valence-corrected chi connectivity index (χ0v) is 11.2. The van der Waals surface area contributed by atoms with Crippen molar-refractivity contribution in [3.63, 3.8) is 0 Å². The smallest absolute Gasteiger partial charge is 0.315 e. The normalized spacial score (nSPS) is 17.4. The van der Waals surface area contributed by atoms with E-state index in [1.165, 1.54) is 12.1 Å². The Kier molecular flexibility index (Phi) is 4.23. The van der Waals surface area contributed by atoms with E-state index in [2.05, 4.69) is 10.6 Å². The van der Waals surface area contributed by atoms with Crippen LogP contribution in [0, 0.1) is 11.6 Å². The van der Waals surface area contributed by atoms with Crippen LogP contribution in [0.1, 0.15) is 25.3 Å². The van der Waals surface area contributed by atoms with E-state index in [9.17, 15) is 13.6 Å². The SMILES string of the molecule is CC(CO)NC(=O)NCC1(c2ccc(F)cc2F)CC1. The summed E-state index contributed by atoms with van der Waals surface area (Å²) >= 11 is 0. The monoisotopic (exact) mass is 284 g/mol. The van der Waals surface area contributed by atoms with E-state index in [4.69, 9.17) is 5.11 Å². The topological polar surface area (TPSA) is 61.4 Å². The van der Waals surface area contributed by atoms with Crippen LogP contribution in [0.5, 0.6) is 0 Å². The van der Waals surface area contributed by atoms with Gasteiger partial charge in [0.05, 0.1) is 12.6 Å². The van der Waals surface area contributed by atoms with Gasteiger partial charge in [-0.25, -0.2) is 13.6 Å². The molecule has 110 valence electrons. The first-order chi connectivity index (χ1) is 9.47. The van der Waals surface area contributed by atoms with Gasteiger partial charge < -0.3 is 15.7 Å². The molecule has 0 spiro atoms. The highest BCUT2D eigenvalue weighted by molar-refractivity contribution is 5.74. The van der Waals surface area contributed by atoms with E-state index in [1.54, 1.807) is 6.92 Å². The molecule has 1 unspecified atom stereocenters. The number of amides is 2. The fraction of sp³-hybridized carbons (Fsp3) is 0.500. The maximum atomic E-state index is 13.8. The van der Waals surface area contributed by atoms with Crippen LogP contribution >= 0.6 is 0 Å². The number of halogens is 2. The first-order valence-electron chi connectivity index (χ1n) is 6.57. The van der Waals surface area contributed by atoms with Crippen LogP contribution in [0.3, 0.4) is 0 Å². The maximum Gasteiger partial charge on any atom is 0.315 e. The fourth-order valence-electron chi connectivity index (χ4n) is 2.18. The summed E-state index contributed by atoms with van der Waals surface area (Å²) < 4.78 is 26.7. The molecule has 2 amide bonds. The van der Waals surface area contributed by atoms with Gasteiger partial charge in [0.1, 0.15) is 11.6 Å². The highest BCUT2D eigenvalue weighted by Gasteiger charge is 2.46. The highest BCUT2D eigenvalue weighted by atomic mass is 19.1. The van der Waals surface area contributed by atoms with E-state index in [0.717, 1.165) is 18.9 Å². The summed E-state index contributed by atoms with van der Waals surface area (Å²) in [6.07, 6.45) is 1.51. The van der Waals surface area contributed by atoms with E-state index in [0.29, 0.717) is 12.1 Å². The molecule has 0 heterocycles. The molecule has 1 atom stereocenters. The summed E-state index contributed by atoms with van der Waals surface area (Å²) in [6, 6.07) is 2.79. The van der Waals surface area contributed by atoms with E-state index in [1.807, 2.05) is 0 Å². The molecule has 1 aromatic carbocycles. The number of rotatable bonds is 5. The molecule has 2 rings (SSSR count). The minimum Gasteiger partial charge on any atom is -0.394 e. The molecule has 0 aromatic heterocycles. The molecule has 20 heavy (non-hydrogen) atoms. The molecule has 1 aliphatic carbocycles. The summed E-state index contributed by atoms with van der Waals surface area (Å²) in [4.78, 5) is 11.6. The van der Waals surface area contributed by atoms with E-state index >= 15 is 0 Å². The van der Waals surface area contributed by atoms with Gasteiger partial charge in [-0.15, -0.1) is 0 Å². The van der Waals surface area contributed by atoms with Gasteiger partial charge in [0.2, 0.25) is 0 Å². The number of hydrogen-bond acceptors (Lipinski definition) is 2. The van der Waals surface area contributed by atoms with Gasteiger partial charge in [-0.2, -0.15) is 0 Å². The molecule has 6 heteroatoms. The Morgan fingerprint density at radius 1 is 1.45 bits per heavy atom. The van der Waals surface area contributed by atoms with Crippen LogP contribution in [-0.4, -0.2) is 30.3 Å². The van der Waals surface area contributed by atoms with Gasteiger partial charge >= 0.3 is 6.03 Å². The number of carbonyl (C=O) groups excluding carboxylic acids is 1. The lowest BCUT2D eigenvalue weighted by Gasteiger charge is -2.19. The van der Waals surface area contributed by atoms with E-state index in [-0.39, 0.29) is 12.6 Å². The van der Waals surface area contributed by atoms with Gasteiger partial charge in [-0.3, -0.25) is 0 Å². The fourth-order valence-corrected chi connectivity index (χ4v) is 2.18. The second kappa shape index (κ2) is 5.75. The number of aliphatic hydroxyl groups is 1. The zero-order chi connectivity index (χ0) is 14.8. The highest BCUT2D eigenvalue weighted by Crippen LogP contribution is 2.48. The molecule has 1 aromatic rings. The predicted molar refractivity (Wildman–Crippen MR) is 70.4 cm³/mol. The third-order valence-corrected chi connectivity index (χ3v) is 3.59. The molecule has 0 radical (unpaired) electrons. The number of nitrogens with one attached hydrogen (secondary N) is 2. The first-order valence-corrected chi connectivity index (χ1v) is 6.57. The second-order valence-electron chi connectivity index (χ2n) is 5.32. The van der Waals surface area contributed by atoms with Crippen molar-refractivity contribution in [2.45, 2.75) is 31.2 Å². The Hall–Kier alpha value is -1.69. The van der Waals surface area contributed by atoms with Crippen LogP contribution in [0.4, 0.5) is 13.6 Å². The van der Waals surface area contributed by atoms with Gasteiger partial charge in [0.15, 0.2) is 0 Å². The summed E-state index contributed by atoms with van der Waals surface area (Å²) in [7, 11) is 0. The number of urea groups is 1. The van der Waals surface area contributed by atoms with Gasteiger partial charge in [0.25, 0.3) is 0 Å². The number of carbonyl (C=O) groups is 1. The van der Waals surface area contributed by atoms with Crippen molar-refractivity contribution < 1.29 is 18.7 Å². The molecule has 1 aliphatic rings. The Morgan fingerprint density at radius 3 is 2.70 bits per heavy atom. The summed E-state index contributed by atoms with van der Waals surface area (Å²) in [5.41, 5.74) is 0.00631. The van der Waals surface area contributed by atoms with Gasteiger partial charge in [-0.05, 0) is 31.4 Å². The van der Waals surface area contributed by atoms with Crippen molar-refractivity contribution in [1.29, 1.82) is 0 Å². The van der Waals surface area contributed by atoms with Crippen LogP contribution in [0.25, 0.3) is 0 Å². The predicted octanol–water partition coefficient (Wildman–Crippen LogP) is 1.68. The van der Waals surface area contributed by atoms with Gasteiger partial charge in [-0.1, -0.05) is 6.07 Å². The van der Waals surface area contributed by atoms with Crippen molar-refractivity contribution in [2.75, 3.05) is 13.2 Å². The lowest BCUT2D eigenvalue weighted by atomic mass is 9.95. The summed E-state index contributed by atoms with van der Waals surface area (Å²) in [5, 5.41) is 14.1. The molecular formula is C14H18F2N2O2. The molecule has 1 saturated carbocycles. The summed E-state index contributed by atoms with van der Waals surface area (Å²) in [6.45, 7) is 1.82. The molecule has 0 saturated heterocycles. The van der Waals surface area contributed by atoms with Crippen LogP contribution in [0.15, 0.2) is 18.2 Å². The minimum absolute atomic E-state index is 0.148. The van der Waals surface area contributed by atoms with Crippen molar-refractivity contribution >= 4 is 6.03 Å². The Balaban J connectivity index is 1.97. The van der Waals surface area contributed by atoms with Crippen LogP contribution in [0.2, 0.25) is 0 Å². The Bertz CT molecular complexity index is 504. The lowest BCUT2D eigenvalue weighted by Crippen LogP contribution is -2.44. The number of aliphatic hydroxyl groups excluding tert-OH is 1. The maximum absolute atomic E-state index is 13.8. The molecule has 0 bridgehead atoms. The lowest BCUT2D eigenvalue weighted by molar-refractivity contribution is 0.219. The quantitative estimate of drug-likeness (QED) is 0.770. The second-order valence-corrected chi connectivity index (χ2v) is 5.32. The van der Waals surface area contributed by atoms with E-state index < -0.39 is 23.1 Å². The molecular weight excluding hydrogens is 266 g/mol. The first kappa shape index (κ1) is 14.7. The molecule has 0 aliphatic heterocycles. The Morgan fingerprint density at radius 2 is 2.15 bits per heavy atom. The molecule has 3 N–H and O–H groups in total. The molecule has 1 fully saturated rings. The van der Waals surface area contributed by atoms with Gasteiger partial charge in [0, 0.05) is 18.0 Å². The van der Waals surface area contributed by atoms with Crippen molar-refractivity contribution in [3.05, 3.63) is 35.4 Å². The average molecular weight is 284 g/mol. The number of hydrogen-bond donors (Lipinski definition) is 3. The van der Waals surface area contributed by atoms with Crippen molar-refractivity contribution in [2.24, 2.45) is 0 Å². The third kappa shape index (κ3) is 3.25. The van der Waals surface area contributed by atoms with Crippen molar-refractivity contribution in [1.82, 2.24) is 10.6 Å². The minimum atomic E-state index is -0.607. The van der Waals surface area contributed by atoms with Crippen molar-refractivity contribution in [3.8, 4) is 0 Å². The third-order valence-electron chi connectivity index (χ3n) is 3.59. The zero-order valence-electron chi connectivity index (χ0n) is 11.2. The Labute approximate surface area is 116 Å². The van der Waals surface area contributed by atoms with Crippen LogP contribution < -0.4 is 10.6 Å². The largest absolute Gasteiger partial charge is 0.394 e. The summed E-state index contributed by atoms with van der Waals surface area (Å²) in [5.74, 6) is -1.18.